The fourth-order valence-electron chi connectivity index (χ4n) is 3.09. The molecule has 0 aromatic heterocycles. The quantitative estimate of drug-likeness (QED) is 0.870. The van der Waals surface area contributed by atoms with E-state index in [0.717, 1.165) is 37.9 Å². The number of para-hydroxylation sites is 1. The van der Waals surface area contributed by atoms with Gasteiger partial charge in [0.05, 0.1) is 18.3 Å². The first-order valence-corrected chi connectivity index (χ1v) is 7.58. The number of hydrogen-bond acceptors (Lipinski definition) is 3. The molecule has 3 nitrogen and oxygen atoms in total. The van der Waals surface area contributed by atoms with Crippen LogP contribution in [-0.2, 0) is 0 Å². The molecule has 1 heterocycles. The average Bonchev–Trinajstić information content (AvgIpc) is 2.47. The number of aliphatic hydroxyl groups is 1. The van der Waals surface area contributed by atoms with Gasteiger partial charge in [-0.05, 0) is 44.4 Å². The summed E-state index contributed by atoms with van der Waals surface area (Å²) in [5.74, 6) is -0.187. The van der Waals surface area contributed by atoms with Crippen LogP contribution in [0.3, 0.4) is 0 Å². The van der Waals surface area contributed by atoms with Crippen molar-refractivity contribution < 1.29 is 9.50 Å². The molecule has 1 aliphatic heterocycles. The van der Waals surface area contributed by atoms with Crippen molar-refractivity contribution in [3.63, 3.8) is 0 Å². The largest absolute Gasteiger partial charge is 0.394 e. The van der Waals surface area contributed by atoms with Crippen molar-refractivity contribution in [3.05, 3.63) is 29.6 Å². The van der Waals surface area contributed by atoms with Gasteiger partial charge in [0.1, 0.15) is 5.82 Å². The van der Waals surface area contributed by atoms with Crippen LogP contribution in [0, 0.1) is 5.82 Å². The highest BCUT2D eigenvalue weighted by molar-refractivity contribution is 5.57. The molecule has 1 aliphatic rings. The molecule has 0 radical (unpaired) electrons. The second-order valence-electron chi connectivity index (χ2n) is 5.48. The molecule has 2 N–H and O–H groups in total. The van der Waals surface area contributed by atoms with Crippen molar-refractivity contribution in [2.24, 2.45) is 0 Å². The lowest BCUT2D eigenvalue weighted by Gasteiger charge is -2.38. The van der Waals surface area contributed by atoms with Gasteiger partial charge in [0.25, 0.3) is 0 Å². The van der Waals surface area contributed by atoms with Crippen LogP contribution >= 0.6 is 0 Å². The van der Waals surface area contributed by atoms with Gasteiger partial charge in [0, 0.05) is 12.6 Å². The lowest BCUT2D eigenvalue weighted by atomic mass is 9.98. The molecule has 2 unspecified atom stereocenters. The van der Waals surface area contributed by atoms with Gasteiger partial charge in [-0.2, -0.15) is 0 Å². The summed E-state index contributed by atoms with van der Waals surface area (Å²) in [5.41, 5.74) is 1.65. The van der Waals surface area contributed by atoms with Crippen LogP contribution in [0.5, 0.6) is 0 Å². The summed E-state index contributed by atoms with van der Waals surface area (Å²) < 4.78 is 14.4. The second kappa shape index (κ2) is 7.04. The molecule has 4 heteroatoms. The van der Waals surface area contributed by atoms with Crippen LogP contribution in [0.4, 0.5) is 10.1 Å². The molecule has 20 heavy (non-hydrogen) atoms. The molecular weight excluding hydrogens is 255 g/mol. The molecule has 2 atom stereocenters. The Balaban J connectivity index is 2.37. The second-order valence-corrected chi connectivity index (χ2v) is 5.48. The van der Waals surface area contributed by atoms with E-state index in [1.165, 1.54) is 6.07 Å². The normalized spacial score (nSPS) is 21.0. The van der Waals surface area contributed by atoms with Crippen LogP contribution < -0.4 is 10.2 Å². The number of halogens is 1. The predicted octanol–water partition coefficient (Wildman–Crippen LogP) is 2.85. The monoisotopic (exact) mass is 280 g/mol. The Hall–Kier alpha value is -1.13. The van der Waals surface area contributed by atoms with Gasteiger partial charge in [-0.3, -0.25) is 0 Å². The van der Waals surface area contributed by atoms with E-state index < -0.39 is 0 Å². The van der Waals surface area contributed by atoms with Gasteiger partial charge in [-0.25, -0.2) is 4.39 Å². The van der Waals surface area contributed by atoms with Gasteiger partial charge >= 0.3 is 0 Å². The summed E-state index contributed by atoms with van der Waals surface area (Å²) in [4.78, 5) is 2.06. The van der Waals surface area contributed by atoms with Crippen molar-refractivity contribution in [2.75, 3.05) is 24.6 Å². The lowest BCUT2D eigenvalue weighted by molar-refractivity contribution is 0.239. The Bertz CT molecular complexity index is 438. The maximum atomic E-state index is 14.4. The van der Waals surface area contributed by atoms with Gasteiger partial charge in [0.2, 0.25) is 0 Å². The zero-order valence-electron chi connectivity index (χ0n) is 12.4. The van der Waals surface area contributed by atoms with Gasteiger partial charge in [0.15, 0.2) is 0 Å². The van der Waals surface area contributed by atoms with Crippen LogP contribution in [0.25, 0.3) is 0 Å². The third kappa shape index (κ3) is 3.13. The van der Waals surface area contributed by atoms with Crippen molar-refractivity contribution in [1.82, 2.24) is 5.32 Å². The topological polar surface area (TPSA) is 35.5 Å². The highest BCUT2D eigenvalue weighted by Gasteiger charge is 2.27. The van der Waals surface area contributed by atoms with E-state index in [1.807, 2.05) is 13.0 Å². The third-order valence-corrected chi connectivity index (χ3v) is 4.12. The molecule has 0 aliphatic carbocycles. The molecule has 1 saturated heterocycles. The van der Waals surface area contributed by atoms with Crippen molar-refractivity contribution in [1.29, 1.82) is 0 Å². The third-order valence-electron chi connectivity index (χ3n) is 4.12. The Labute approximate surface area is 120 Å². The first-order chi connectivity index (χ1) is 9.69. The van der Waals surface area contributed by atoms with Crippen LogP contribution in [-0.4, -0.2) is 30.8 Å². The molecule has 0 spiro atoms. The van der Waals surface area contributed by atoms with E-state index >= 15 is 0 Å². The summed E-state index contributed by atoms with van der Waals surface area (Å²) in [6.07, 6.45) is 3.09. The lowest BCUT2D eigenvalue weighted by Crippen LogP contribution is -2.43. The zero-order valence-corrected chi connectivity index (χ0v) is 12.4. The fraction of sp³-hybridized carbons (Fsp3) is 0.625. The number of hydrogen-bond donors (Lipinski definition) is 2. The Morgan fingerprint density at radius 3 is 2.95 bits per heavy atom. The van der Waals surface area contributed by atoms with Crippen molar-refractivity contribution >= 4 is 5.69 Å². The fourth-order valence-corrected chi connectivity index (χ4v) is 3.09. The Morgan fingerprint density at radius 2 is 2.25 bits per heavy atom. The molecule has 1 aromatic rings. The van der Waals surface area contributed by atoms with Crippen molar-refractivity contribution in [2.45, 2.75) is 45.2 Å². The zero-order chi connectivity index (χ0) is 14.5. The number of nitrogens with one attached hydrogen (secondary N) is 1. The maximum Gasteiger partial charge on any atom is 0.146 e. The van der Waals surface area contributed by atoms with Crippen molar-refractivity contribution in [3.8, 4) is 0 Å². The molecule has 1 fully saturated rings. The number of rotatable bonds is 5. The summed E-state index contributed by atoms with van der Waals surface area (Å²) >= 11 is 0. The SMILES string of the molecule is CCNC(C)c1cccc(F)c1N1CCCCC1CO. The molecule has 112 valence electrons. The molecule has 0 amide bonds. The highest BCUT2D eigenvalue weighted by atomic mass is 19.1. The maximum absolute atomic E-state index is 14.4. The first-order valence-electron chi connectivity index (χ1n) is 7.58. The minimum atomic E-state index is -0.187. The summed E-state index contributed by atoms with van der Waals surface area (Å²) in [6, 6.07) is 5.40. The minimum Gasteiger partial charge on any atom is -0.394 e. The van der Waals surface area contributed by atoms with Crippen LogP contribution in [0.1, 0.15) is 44.7 Å². The van der Waals surface area contributed by atoms with E-state index in [0.29, 0.717) is 5.69 Å². The molecule has 0 saturated carbocycles. The van der Waals surface area contributed by atoms with E-state index in [-0.39, 0.29) is 24.5 Å². The highest BCUT2D eigenvalue weighted by Crippen LogP contribution is 2.33. The average molecular weight is 280 g/mol. The minimum absolute atomic E-state index is 0.0354. The molecule has 1 aromatic carbocycles. The summed E-state index contributed by atoms with van der Waals surface area (Å²) in [7, 11) is 0. The smallest absolute Gasteiger partial charge is 0.146 e. The molecular formula is C16H25FN2O. The molecule has 2 rings (SSSR count). The van der Waals surface area contributed by atoms with Gasteiger partial charge in [-0.15, -0.1) is 0 Å². The Kier molecular flexibility index (Phi) is 5.38. The number of aliphatic hydroxyl groups excluding tert-OH is 1. The summed E-state index contributed by atoms with van der Waals surface area (Å²) in [5, 5.41) is 12.9. The number of benzene rings is 1. The molecule has 0 bridgehead atoms. The number of piperidine rings is 1. The predicted molar refractivity (Wildman–Crippen MR) is 80.6 cm³/mol. The Morgan fingerprint density at radius 1 is 1.45 bits per heavy atom. The van der Waals surface area contributed by atoms with Gasteiger partial charge < -0.3 is 15.3 Å². The van der Waals surface area contributed by atoms with Crippen LogP contribution in [0.2, 0.25) is 0 Å². The number of nitrogens with zero attached hydrogens (tertiary/aromatic N) is 1. The number of anilines is 1. The summed E-state index contributed by atoms with van der Waals surface area (Å²) in [6.45, 7) is 5.86. The standard InChI is InChI=1S/C16H25FN2O/c1-3-18-12(2)14-8-6-9-15(17)16(14)19-10-5-4-7-13(19)11-20/h6,8-9,12-13,18,20H,3-5,7,10-11H2,1-2H3. The van der Waals surface area contributed by atoms with E-state index in [9.17, 15) is 9.50 Å². The van der Waals surface area contributed by atoms with Crippen LogP contribution in [0.15, 0.2) is 18.2 Å². The van der Waals surface area contributed by atoms with E-state index in [2.05, 4.69) is 17.1 Å². The van der Waals surface area contributed by atoms with E-state index in [1.54, 1.807) is 6.07 Å². The van der Waals surface area contributed by atoms with E-state index in [4.69, 9.17) is 0 Å². The first kappa shape index (κ1) is 15.3. The van der Waals surface area contributed by atoms with Gasteiger partial charge in [-0.1, -0.05) is 19.1 Å².